The minimum atomic E-state index is -0.155. The molecular weight excluding hydrogens is 384 g/mol. The third-order valence-corrected chi connectivity index (χ3v) is 5.70. The predicted octanol–water partition coefficient (Wildman–Crippen LogP) is 3.60. The number of hydrogen-bond acceptors (Lipinski definition) is 6. The fraction of sp³-hybridized carbons (Fsp3) is 0.263. The zero-order valence-corrected chi connectivity index (χ0v) is 16.4. The number of benzene rings is 1. The van der Waals surface area contributed by atoms with E-state index in [9.17, 15) is 4.79 Å². The first kappa shape index (κ1) is 17.9. The lowest BCUT2D eigenvalue weighted by atomic mass is 10.0. The molecule has 0 spiro atoms. The molecule has 1 unspecified atom stereocenters. The van der Waals surface area contributed by atoms with Crippen LogP contribution < -0.4 is 10.1 Å². The minimum absolute atomic E-state index is 0.120. The summed E-state index contributed by atoms with van der Waals surface area (Å²) >= 11 is 7.81. The van der Waals surface area contributed by atoms with Gasteiger partial charge in [0.15, 0.2) is 0 Å². The highest BCUT2D eigenvalue weighted by molar-refractivity contribution is 7.13. The normalized spacial score (nSPS) is 15.3. The van der Waals surface area contributed by atoms with E-state index in [1.807, 2.05) is 26.0 Å². The number of amides is 1. The van der Waals surface area contributed by atoms with Gasteiger partial charge >= 0.3 is 0 Å². The number of thiazole rings is 1. The van der Waals surface area contributed by atoms with E-state index in [1.165, 1.54) is 17.7 Å². The molecule has 1 aliphatic heterocycles. The summed E-state index contributed by atoms with van der Waals surface area (Å²) in [6.45, 7) is 4.14. The van der Waals surface area contributed by atoms with Gasteiger partial charge in [0, 0.05) is 29.9 Å². The number of nitrogens with one attached hydrogen (secondary N) is 1. The maximum absolute atomic E-state index is 12.4. The number of aromatic nitrogens is 3. The molecule has 3 heterocycles. The van der Waals surface area contributed by atoms with E-state index in [-0.39, 0.29) is 12.0 Å². The number of aryl methyl sites for hydroxylation is 2. The summed E-state index contributed by atoms with van der Waals surface area (Å²) < 4.78 is 5.96. The molecule has 0 bridgehead atoms. The van der Waals surface area contributed by atoms with Crippen LogP contribution >= 0.6 is 22.9 Å². The van der Waals surface area contributed by atoms with Gasteiger partial charge in [-0.2, -0.15) is 0 Å². The first-order valence-corrected chi connectivity index (χ1v) is 9.67. The highest BCUT2D eigenvalue weighted by atomic mass is 35.5. The van der Waals surface area contributed by atoms with Gasteiger partial charge in [0.2, 0.25) is 0 Å². The smallest absolute Gasteiger partial charge is 0.263 e. The van der Waals surface area contributed by atoms with Crippen molar-refractivity contribution in [2.24, 2.45) is 0 Å². The van der Waals surface area contributed by atoms with Gasteiger partial charge in [-0.05, 0) is 31.5 Å². The van der Waals surface area contributed by atoms with Gasteiger partial charge in [-0.15, -0.1) is 11.3 Å². The molecule has 1 amide bonds. The number of nitrogens with zero attached hydrogens (tertiary/aromatic N) is 3. The highest BCUT2D eigenvalue weighted by Gasteiger charge is 2.27. The van der Waals surface area contributed by atoms with Crippen LogP contribution in [0, 0.1) is 13.8 Å². The molecule has 1 atom stereocenters. The molecule has 0 saturated carbocycles. The maximum atomic E-state index is 12.4. The molecule has 3 aromatic rings. The Morgan fingerprint density at radius 1 is 1.30 bits per heavy atom. The molecule has 0 aliphatic carbocycles. The van der Waals surface area contributed by atoms with E-state index in [2.05, 4.69) is 20.3 Å². The first-order valence-electron chi connectivity index (χ1n) is 8.48. The van der Waals surface area contributed by atoms with Crippen molar-refractivity contribution in [1.82, 2.24) is 20.3 Å². The monoisotopic (exact) mass is 400 g/mol. The van der Waals surface area contributed by atoms with Crippen LogP contribution in [0.5, 0.6) is 5.75 Å². The van der Waals surface area contributed by atoms with Crippen molar-refractivity contribution in [2.45, 2.75) is 26.4 Å². The second-order valence-corrected chi connectivity index (χ2v) is 7.99. The van der Waals surface area contributed by atoms with E-state index in [0.29, 0.717) is 28.6 Å². The Hall–Kier alpha value is -2.51. The van der Waals surface area contributed by atoms with Crippen LogP contribution in [0.2, 0.25) is 5.02 Å². The first-order chi connectivity index (χ1) is 13.0. The number of hydrogen-bond donors (Lipinski definition) is 1. The third kappa shape index (κ3) is 3.65. The molecule has 27 heavy (non-hydrogen) atoms. The quantitative estimate of drug-likeness (QED) is 0.724. The molecule has 4 rings (SSSR count). The maximum Gasteiger partial charge on any atom is 0.263 e. The Kier molecular flexibility index (Phi) is 4.80. The summed E-state index contributed by atoms with van der Waals surface area (Å²) in [6, 6.07) is 3.89. The number of ether oxygens (including phenoxy) is 1. The fourth-order valence-electron chi connectivity index (χ4n) is 3.15. The van der Waals surface area contributed by atoms with Crippen molar-refractivity contribution in [2.75, 3.05) is 6.54 Å². The molecule has 6 nitrogen and oxygen atoms in total. The van der Waals surface area contributed by atoms with Crippen LogP contribution in [0.1, 0.15) is 25.9 Å². The zero-order valence-electron chi connectivity index (χ0n) is 14.8. The summed E-state index contributed by atoms with van der Waals surface area (Å²) in [5, 5.41) is 4.37. The molecule has 2 aromatic heterocycles. The molecular formula is C19H17ClN4O2S. The number of carbonyl (C=O) groups excluding carboxylic acids is 1. The Balaban J connectivity index is 1.46. The third-order valence-electron chi connectivity index (χ3n) is 4.35. The topological polar surface area (TPSA) is 77.0 Å². The molecule has 0 radical (unpaired) electrons. The lowest BCUT2D eigenvalue weighted by molar-refractivity contribution is 0.0937. The molecule has 138 valence electrons. The molecule has 8 heteroatoms. The van der Waals surface area contributed by atoms with Crippen LogP contribution in [0.25, 0.3) is 11.1 Å². The van der Waals surface area contributed by atoms with Gasteiger partial charge in [-0.25, -0.2) is 15.0 Å². The largest absolute Gasteiger partial charge is 0.486 e. The minimum Gasteiger partial charge on any atom is -0.486 e. The second kappa shape index (κ2) is 7.25. The van der Waals surface area contributed by atoms with Gasteiger partial charge in [0.05, 0.1) is 22.3 Å². The van der Waals surface area contributed by atoms with Crippen molar-refractivity contribution in [3.8, 4) is 16.9 Å². The second-order valence-electron chi connectivity index (χ2n) is 6.37. The lowest BCUT2D eigenvalue weighted by Crippen LogP contribution is -2.34. The van der Waals surface area contributed by atoms with Gasteiger partial charge in [-0.1, -0.05) is 11.6 Å². The van der Waals surface area contributed by atoms with E-state index < -0.39 is 0 Å². The fourth-order valence-corrected chi connectivity index (χ4v) is 4.26. The average Bonchev–Trinajstić information content (AvgIpc) is 3.23. The van der Waals surface area contributed by atoms with Gasteiger partial charge in [0.1, 0.15) is 23.1 Å². The van der Waals surface area contributed by atoms with Gasteiger partial charge in [0.25, 0.3) is 5.91 Å². The Morgan fingerprint density at radius 2 is 2.07 bits per heavy atom. The van der Waals surface area contributed by atoms with Crippen molar-refractivity contribution >= 4 is 28.8 Å². The summed E-state index contributed by atoms with van der Waals surface area (Å²) in [5.41, 5.74) is 3.62. The van der Waals surface area contributed by atoms with Crippen molar-refractivity contribution in [3.63, 3.8) is 0 Å². The standard InChI is InChI=1S/C19H17ClN4O2S/c1-10-18(27-11(2)24-10)19(25)23-8-15-4-13-3-12(5-16(20)17(13)26-15)14-6-21-9-22-7-14/h3,5-7,9,15H,4,8H2,1-2H3,(H,23,25). The van der Waals surface area contributed by atoms with Gasteiger partial charge in [-0.3, -0.25) is 4.79 Å². The molecule has 1 N–H and O–H groups in total. The van der Waals surface area contributed by atoms with Crippen LogP contribution in [-0.2, 0) is 6.42 Å². The van der Waals surface area contributed by atoms with Crippen molar-refractivity contribution < 1.29 is 9.53 Å². The molecule has 1 aromatic carbocycles. The van der Waals surface area contributed by atoms with Crippen molar-refractivity contribution in [3.05, 3.63) is 57.0 Å². The predicted molar refractivity (Wildman–Crippen MR) is 105 cm³/mol. The average molecular weight is 401 g/mol. The highest BCUT2D eigenvalue weighted by Crippen LogP contribution is 2.39. The van der Waals surface area contributed by atoms with Crippen LogP contribution in [0.3, 0.4) is 0 Å². The van der Waals surface area contributed by atoms with Gasteiger partial charge < -0.3 is 10.1 Å². The summed E-state index contributed by atoms with van der Waals surface area (Å²) in [4.78, 5) is 25.4. The molecule has 0 saturated heterocycles. The number of halogens is 1. The molecule has 0 fully saturated rings. The van der Waals surface area contributed by atoms with Crippen molar-refractivity contribution in [1.29, 1.82) is 0 Å². The Bertz CT molecular complexity index is 1010. The Labute approximate surface area is 165 Å². The van der Waals surface area contributed by atoms with Crippen LogP contribution in [-0.4, -0.2) is 33.5 Å². The van der Waals surface area contributed by atoms with Crippen LogP contribution in [0.15, 0.2) is 30.9 Å². The lowest BCUT2D eigenvalue weighted by Gasteiger charge is -2.12. The zero-order chi connectivity index (χ0) is 19.0. The molecule has 1 aliphatic rings. The summed E-state index contributed by atoms with van der Waals surface area (Å²) in [6.07, 6.45) is 5.51. The number of fused-ring (bicyclic) bond motifs is 1. The van der Waals surface area contributed by atoms with Crippen LogP contribution in [0.4, 0.5) is 0 Å². The number of rotatable bonds is 4. The van der Waals surface area contributed by atoms with E-state index in [4.69, 9.17) is 16.3 Å². The number of carbonyl (C=O) groups is 1. The SMILES string of the molecule is Cc1nc(C)c(C(=O)NCC2Cc3cc(-c4cncnc4)cc(Cl)c3O2)s1. The van der Waals surface area contributed by atoms with E-state index >= 15 is 0 Å². The van der Waals surface area contributed by atoms with E-state index in [1.54, 1.807) is 12.4 Å². The van der Waals surface area contributed by atoms with E-state index in [0.717, 1.165) is 27.4 Å². The Morgan fingerprint density at radius 3 is 2.78 bits per heavy atom. The summed E-state index contributed by atoms with van der Waals surface area (Å²) in [5.74, 6) is 0.562. The summed E-state index contributed by atoms with van der Waals surface area (Å²) in [7, 11) is 0.